The Morgan fingerprint density at radius 3 is 3.04 bits per heavy atom. The number of benzene rings is 1. The van der Waals surface area contributed by atoms with E-state index >= 15 is 0 Å². The van der Waals surface area contributed by atoms with Crippen molar-refractivity contribution < 1.29 is 14.3 Å². The summed E-state index contributed by atoms with van der Waals surface area (Å²) >= 11 is 1.35. The Labute approximate surface area is 137 Å². The predicted octanol–water partition coefficient (Wildman–Crippen LogP) is 2.01. The van der Waals surface area contributed by atoms with Gasteiger partial charge in [-0.2, -0.15) is 0 Å². The van der Waals surface area contributed by atoms with Crippen LogP contribution in [0.5, 0.6) is 11.5 Å². The number of carbonyl (C=O) groups excluding carboxylic acids is 1. The van der Waals surface area contributed by atoms with Gasteiger partial charge in [0.05, 0.1) is 6.20 Å². The number of amides is 1. The van der Waals surface area contributed by atoms with Gasteiger partial charge in [0.15, 0.2) is 11.5 Å². The molecule has 3 N–H and O–H groups in total. The van der Waals surface area contributed by atoms with Crippen molar-refractivity contribution in [2.75, 3.05) is 13.3 Å². The number of ether oxygens (including phenoxy) is 2. The van der Waals surface area contributed by atoms with Crippen LogP contribution in [0.1, 0.15) is 22.5 Å². The van der Waals surface area contributed by atoms with Gasteiger partial charge in [-0.25, -0.2) is 4.98 Å². The van der Waals surface area contributed by atoms with Gasteiger partial charge in [0.1, 0.15) is 9.88 Å². The van der Waals surface area contributed by atoms with Crippen LogP contribution in [0.2, 0.25) is 0 Å². The number of hydrogen-bond acceptors (Lipinski definition) is 6. The van der Waals surface area contributed by atoms with Crippen molar-refractivity contribution in [3.63, 3.8) is 0 Å². The topological polar surface area (TPSA) is 86.5 Å². The largest absolute Gasteiger partial charge is 0.454 e. The second-order valence-electron chi connectivity index (χ2n) is 5.81. The number of nitrogens with zero attached hydrogens (tertiary/aromatic N) is 1. The SMILES string of the molecule is NC(CNC(=O)c1cnc(-c2ccc3c(c2)OCO3)s1)C1CC1. The van der Waals surface area contributed by atoms with Gasteiger partial charge in [-0.05, 0) is 37.0 Å². The summed E-state index contributed by atoms with van der Waals surface area (Å²) in [6.45, 7) is 0.756. The van der Waals surface area contributed by atoms with Crippen LogP contribution in [0.4, 0.5) is 0 Å². The van der Waals surface area contributed by atoms with E-state index in [0.29, 0.717) is 23.1 Å². The molecule has 1 aliphatic heterocycles. The van der Waals surface area contributed by atoms with Crippen LogP contribution in [-0.4, -0.2) is 30.3 Å². The van der Waals surface area contributed by atoms with E-state index in [1.165, 1.54) is 24.2 Å². The van der Waals surface area contributed by atoms with E-state index in [9.17, 15) is 4.79 Å². The molecule has 23 heavy (non-hydrogen) atoms. The normalized spacial score (nSPS) is 17.1. The van der Waals surface area contributed by atoms with E-state index in [0.717, 1.165) is 16.3 Å². The molecule has 120 valence electrons. The second-order valence-corrected chi connectivity index (χ2v) is 6.84. The highest BCUT2D eigenvalue weighted by Crippen LogP contribution is 2.37. The Balaban J connectivity index is 1.44. The van der Waals surface area contributed by atoms with Gasteiger partial charge in [0.2, 0.25) is 6.79 Å². The van der Waals surface area contributed by atoms with Crippen molar-refractivity contribution in [3.8, 4) is 22.1 Å². The van der Waals surface area contributed by atoms with Gasteiger partial charge < -0.3 is 20.5 Å². The first kappa shape index (κ1) is 14.5. The highest BCUT2D eigenvalue weighted by molar-refractivity contribution is 7.16. The van der Waals surface area contributed by atoms with Gasteiger partial charge in [0, 0.05) is 18.2 Å². The number of fused-ring (bicyclic) bond motifs is 1. The molecule has 0 spiro atoms. The summed E-state index contributed by atoms with van der Waals surface area (Å²) in [7, 11) is 0. The smallest absolute Gasteiger partial charge is 0.263 e. The summed E-state index contributed by atoms with van der Waals surface area (Å²) in [5, 5.41) is 3.67. The van der Waals surface area contributed by atoms with Gasteiger partial charge in [-0.15, -0.1) is 11.3 Å². The fourth-order valence-corrected chi connectivity index (χ4v) is 3.36. The fraction of sp³-hybridized carbons (Fsp3) is 0.375. The minimum atomic E-state index is -0.120. The average Bonchev–Trinajstić information content (AvgIpc) is 3.11. The standard InChI is InChI=1S/C16H17N3O3S/c17-11(9-1-2-9)6-18-15(20)14-7-19-16(23-14)10-3-4-12-13(5-10)22-8-21-12/h3-5,7,9,11H,1-2,6,8,17H2,(H,18,20). The zero-order valence-electron chi connectivity index (χ0n) is 12.5. The van der Waals surface area contributed by atoms with E-state index in [2.05, 4.69) is 10.3 Å². The number of nitrogens with two attached hydrogens (primary N) is 1. The predicted molar refractivity (Wildman–Crippen MR) is 86.7 cm³/mol. The average molecular weight is 331 g/mol. The Kier molecular flexibility index (Phi) is 3.66. The van der Waals surface area contributed by atoms with Crippen LogP contribution in [0.3, 0.4) is 0 Å². The lowest BCUT2D eigenvalue weighted by molar-refractivity contribution is 0.0954. The Bertz CT molecular complexity index is 742. The molecule has 0 saturated heterocycles. The van der Waals surface area contributed by atoms with E-state index in [-0.39, 0.29) is 18.7 Å². The molecule has 6 nitrogen and oxygen atoms in total. The first-order chi connectivity index (χ1) is 11.2. The molecule has 1 aromatic heterocycles. The van der Waals surface area contributed by atoms with Crippen molar-refractivity contribution in [1.82, 2.24) is 10.3 Å². The highest BCUT2D eigenvalue weighted by Gasteiger charge is 2.28. The number of thiazole rings is 1. The minimum absolute atomic E-state index is 0.0557. The fourth-order valence-electron chi connectivity index (χ4n) is 2.53. The molecule has 1 fully saturated rings. The van der Waals surface area contributed by atoms with Crippen LogP contribution in [-0.2, 0) is 0 Å². The Morgan fingerprint density at radius 1 is 1.39 bits per heavy atom. The van der Waals surface area contributed by atoms with Crippen molar-refractivity contribution in [3.05, 3.63) is 29.3 Å². The van der Waals surface area contributed by atoms with Gasteiger partial charge >= 0.3 is 0 Å². The Hall–Kier alpha value is -2.12. The lowest BCUT2D eigenvalue weighted by Gasteiger charge is -2.10. The van der Waals surface area contributed by atoms with Crippen molar-refractivity contribution in [2.45, 2.75) is 18.9 Å². The number of hydrogen-bond donors (Lipinski definition) is 2. The third-order valence-electron chi connectivity index (χ3n) is 4.07. The molecular weight excluding hydrogens is 314 g/mol. The highest BCUT2D eigenvalue weighted by atomic mass is 32.1. The molecule has 1 aromatic carbocycles. The van der Waals surface area contributed by atoms with E-state index in [1.54, 1.807) is 6.20 Å². The van der Waals surface area contributed by atoms with E-state index in [1.807, 2.05) is 18.2 Å². The third kappa shape index (κ3) is 3.02. The summed E-state index contributed by atoms with van der Waals surface area (Å²) in [6.07, 6.45) is 3.94. The molecular formula is C16H17N3O3S. The van der Waals surface area contributed by atoms with Crippen LogP contribution in [0.15, 0.2) is 24.4 Å². The molecule has 0 radical (unpaired) electrons. The Morgan fingerprint density at radius 2 is 2.22 bits per heavy atom. The molecule has 1 unspecified atom stereocenters. The lowest BCUT2D eigenvalue weighted by atomic mass is 10.2. The summed E-state index contributed by atoms with van der Waals surface area (Å²) in [4.78, 5) is 17.1. The van der Waals surface area contributed by atoms with Crippen LogP contribution >= 0.6 is 11.3 Å². The molecule has 1 saturated carbocycles. The van der Waals surface area contributed by atoms with Crippen LogP contribution in [0, 0.1) is 5.92 Å². The molecule has 0 bridgehead atoms. The van der Waals surface area contributed by atoms with E-state index in [4.69, 9.17) is 15.2 Å². The molecule has 7 heteroatoms. The van der Waals surface area contributed by atoms with Gasteiger partial charge in [0.25, 0.3) is 5.91 Å². The minimum Gasteiger partial charge on any atom is -0.454 e. The molecule has 2 aromatic rings. The monoisotopic (exact) mass is 331 g/mol. The summed E-state index contributed by atoms with van der Waals surface area (Å²) in [5.74, 6) is 1.89. The van der Waals surface area contributed by atoms with Crippen LogP contribution < -0.4 is 20.5 Å². The quantitative estimate of drug-likeness (QED) is 0.875. The maximum Gasteiger partial charge on any atom is 0.263 e. The van der Waals surface area contributed by atoms with Crippen LogP contribution in [0.25, 0.3) is 10.6 Å². The maximum atomic E-state index is 12.2. The van der Waals surface area contributed by atoms with E-state index < -0.39 is 0 Å². The zero-order valence-corrected chi connectivity index (χ0v) is 13.3. The lowest BCUT2D eigenvalue weighted by Crippen LogP contribution is -2.38. The summed E-state index contributed by atoms with van der Waals surface area (Å²) in [6, 6.07) is 5.70. The first-order valence-corrected chi connectivity index (χ1v) is 8.42. The molecule has 1 atom stereocenters. The maximum absolute atomic E-state index is 12.2. The zero-order chi connectivity index (χ0) is 15.8. The van der Waals surface area contributed by atoms with Crippen molar-refractivity contribution in [1.29, 1.82) is 0 Å². The molecule has 4 rings (SSSR count). The van der Waals surface area contributed by atoms with Gasteiger partial charge in [-0.3, -0.25) is 4.79 Å². The number of nitrogens with one attached hydrogen (secondary N) is 1. The first-order valence-electron chi connectivity index (χ1n) is 7.60. The third-order valence-corrected chi connectivity index (χ3v) is 5.12. The number of carbonyl (C=O) groups is 1. The molecule has 2 aliphatic rings. The van der Waals surface area contributed by atoms with Crippen molar-refractivity contribution >= 4 is 17.2 Å². The summed E-state index contributed by atoms with van der Waals surface area (Å²) < 4.78 is 10.7. The second kappa shape index (κ2) is 5.82. The molecule has 1 amide bonds. The van der Waals surface area contributed by atoms with Crippen molar-refractivity contribution in [2.24, 2.45) is 11.7 Å². The molecule has 1 aliphatic carbocycles. The summed E-state index contributed by atoms with van der Waals surface area (Å²) in [5.41, 5.74) is 6.91. The molecule has 2 heterocycles. The van der Waals surface area contributed by atoms with Gasteiger partial charge in [-0.1, -0.05) is 0 Å². The number of aromatic nitrogens is 1. The number of rotatable bonds is 5.